The smallest absolute Gasteiger partial charge is 0.311 e. The molecule has 0 aromatic heterocycles. The summed E-state index contributed by atoms with van der Waals surface area (Å²) in [5.74, 6) is -0.0155. The molecule has 0 saturated heterocycles. The topological polar surface area (TPSA) is 129 Å². The van der Waals surface area contributed by atoms with Gasteiger partial charge in [-0.2, -0.15) is 5.10 Å². The summed E-state index contributed by atoms with van der Waals surface area (Å²) in [4.78, 5) is 10.2. The molecule has 18 heavy (non-hydrogen) atoms. The third kappa shape index (κ3) is 4.26. The molecule has 8 nitrogen and oxygen atoms in total. The normalized spacial score (nSPS) is 9.61. The van der Waals surface area contributed by atoms with Crippen LogP contribution in [0.25, 0.3) is 0 Å². The summed E-state index contributed by atoms with van der Waals surface area (Å²) in [6.07, 6.45) is 1.30. The lowest BCUT2D eigenvalue weighted by molar-refractivity contribution is -0.385. The Kier molecular flexibility index (Phi) is 6.15. The van der Waals surface area contributed by atoms with Gasteiger partial charge in [0.15, 0.2) is 5.75 Å². The van der Waals surface area contributed by atoms with Crippen molar-refractivity contribution in [2.45, 2.75) is 0 Å². The molecule has 0 unspecified atom stereocenters. The molecule has 0 spiro atoms. The van der Waals surface area contributed by atoms with Crippen LogP contribution in [-0.2, 0) is 0 Å². The first-order valence-corrected chi connectivity index (χ1v) is 4.49. The van der Waals surface area contributed by atoms with Gasteiger partial charge < -0.3 is 16.2 Å². The van der Waals surface area contributed by atoms with Crippen molar-refractivity contribution in [1.29, 1.82) is 0 Å². The van der Waals surface area contributed by atoms with Crippen molar-refractivity contribution >= 4 is 30.3 Å². The van der Waals surface area contributed by atoms with Crippen LogP contribution in [0.5, 0.6) is 5.75 Å². The number of nitro benzene ring substituents is 1. The molecule has 1 aromatic carbocycles. The third-order valence-corrected chi connectivity index (χ3v) is 1.78. The highest BCUT2D eigenvalue weighted by Gasteiger charge is 2.14. The highest BCUT2D eigenvalue weighted by molar-refractivity contribution is 5.85. The van der Waals surface area contributed by atoms with Crippen molar-refractivity contribution in [1.82, 2.24) is 0 Å². The molecule has 0 aliphatic heterocycles. The molecule has 0 radical (unpaired) electrons. The zero-order chi connectivity index (χ0) is 12.8. The second kappa shape index (κ2) is 7.07. The zero-order valence-electron chi connectivity index (χ0n) is 9.44. The Bertz CT molecular complexity index is 485. The Balaban J connectivity index is 0.00000289. The van der Waals surface area contributed by atoms with Gasteiger partial charge in [0.2, 0.25) is 5.96 Å². The first-order chi connectivity index (χ1) is 8.04. The summed E-state index contributed by atoms with van der Waals surface area (Å²) in [5.41, 5.74) is 10.5. The Morgan fingerprint density at radius 2 is 2.17 bits per heavy atom. The van der Waals surface area contributed by atoms with Crippen LogP contribution in [0.4, 0.5) is 5.69 Å². The van der Waals surface area contributed by atoms with Crippen LogP contribution in [0.2, 0.25) is 0 Å². The van der Waals surface area contributed by atoms with E-state index in [1.54, 1.807) is 6.07 Å². The maximum atomic E-state index is 10.7. The van der Waals surface area contributed by atoms with Gasteiger partial charge in [0.1, 0.15) is 0 Å². The summed E-state index contributed by atoms with van der Waals surface area (Å²) in [7, 11) is 1.36. The van der Waals surface area contributed by atoms with Crippen molar-refractivity contribution in [3.8, 4) is 5.75 Å². The fourth-order valence-corrected chi connectivity index (χ4v) is 1.09. The number of halogens is 1. The average molecular weight is 274 g/mol. The lowest BCUT2D eigenvalue weighted by atomic mass is 10.2. The molecule has 4 N–H and O–H groups in total. The molecular formula is C9H12ClN5O3. The minimum absolute atomic E-state index is 0. The third-order valence-electron chi connectivity index (χ3n) is 1.78. The Morgan fingerprint density at radius 3 is 2.67 bits per heavy atom. The number of nitrogens with zero attached hydrogens (tertiary/aromatic N) is 3. The molecule has 0 saturated carbocycles. The number of benzene rings is 1. The molecular weight excluding hydrogens is 262 g/mol. The molecule has 1 rings (SSSR count). The summed E-state index contributed by atoms with van der Waals surface area (Å²) >= 11 is 0. The van der Waals surface area contributed by atoms with Gasteiger partial charge >= 0.3 is 5.69 Å². The van der Waals surface area contributed by atoms with E-state index in [4.69, 9.17) is 16.2 Å². The molecule has 0 heterocycles. The fourth-order valence-electron chi connectivity index (χ4n) is 1.09. The van der Waals surface area contributed by atoms with E-state index in [0.717, 1.165) is 0 Å². The van der Waals surface area contributed by atoms with Crippen molar-refractivity contribution in [2.75, 3.05) is 7.11 Å². The van der Waals surface area contributed by atoms with Crippen LogP contribution >= 0.6 is 12.4 Å². The van der Waals surface area contributed by atoms with Gasteiger partial charge in [0, 0.05) is 11.6 Å². The van der Waals surface area contributed by atoms with Crippen molar-refractivity contribution < 1.29 is 9.66 Å². The van der Waals surface area contributed by atoms with Gasteiger partial charge in [-0.05, 0) is 12.1 Å². The summed E-state index contributed by atoms with van der Waals surface area (Å²) in [6.45, 7) is 0. The van der Waals surface area contributed by atoms with Crippen LogP contribution in [-0.4, -0.2) is 24.2 Å². The van der Waals surface area contributed by atoms with Crippen molar-refractivity contribution in [2.24, 2.45) is 21.7 Å². The van der Waals surface area contributed by atoms with Crippen LogP contribution in [0, 0.1) is 10.1 Å². The molecule has 0 bridgehead atoms. The quantitative estimate of drug-likeness (QED) is 0.360. The van der Waals surface area contributed by atoms with E-state index in [1.807, 2.05) is 0 Å². The van der Waals surface area contributed by atoms with Gasteiger partial charge in [-0.25, -0.2) is 0 Å². The lowest BCUT2D eigenvalue weighted by Crippen LogP contribution is -2.21. The number of nitrogens with two attached hydrogens (primary N) is 2. The minimum atomic E-state index is -0.545. The van der Waals surface area contributed by atoms with E-state index in [2.05, 4.69) is 10.2 Å². The zero-order valence-corrected chi connectivity index (χ0v) is 10.3. The SMILES string of the molecule is COc1ccc(/C=N/N=C(N)N)cc1[N+](=O)[O-].Cl. The van der Waals surface area contributed by atoms with Crippen LogP contribution in [0.3, 0.4) is 0 Å². The number of ether oxygens (including phenoxy) is 1. The molecule has 98 valence electrons. The number of guanidine groups is 1. The predicted octanol–water partition coefficient (Wildman–Crippen LogP) is 0.633. The standard InChI is InChI=1S/C9H11N5O3.ClH/c1-17-8-3-2-6(4-7(8)14(15)16)5-12-13-9(10)11;/h2-5H,1H3,(H4,10,11,13);1H/b12-5+;. The molecule has 0 fully saturated rings. The fraction of sp³-hybridized carbons (Fsp3) is 0.111. The van der Waals surface area contributed by atoms with Crippen LogP contribution in [0.15, 0.2) is 28.4 Å². The number of methoxy groups -OCH3 is 1. The summed E-state index contributed by atoms with van der Waals surface area (Å²) < 4.78 is 4.85. The van der Waals surface area contributed by atoms with Crippen molar-refractivity contribution in [3.63, 3.8) is 0 Å². The Hall–Kier alpha value is -2.35. The maximum Gasteiger partial charge on any atom is 0.311 e. The second-order valence-electron chi connectivity index (χ2n) is 2.96. The van der Waals surface area contributed by atoms with Crippen LogP contribution < -0.4 is 16.2 Å². The largest absolute Gasteiger partial charge is 0.490 e. The molecule has 1 aromatic rings. The first kappa shape index (κ1) is 15.7. The molecule has 0 aliphatic carbocycles. The average Bonchev–Trinajstić information content (AvgIpc) is 2.28. The summed E-state index contributed by atoms with van der Waals surface area (Å²) in [5, 5.41) is 17.7. The summed E-state index contributed by atoms with van der Waals surface area (Å²) in [6, 6.07) is 4.37. The van der Waals surface area contributed by atoms with Gasteiger partial charge in [-0.3, -0.25) is 10.1 Å². The van der Waals surface area contributed by atoms with E-state index >= 15 is 0 Å². The highest BCUT2D eigenvalue weighted by atomic mass is 35.5. The van der Waals surface area contributed by atoms with E-state index in [-0.39, 0.29) is 29.8 Å². The van der Waals surface area contributed by atoms with Crippen molar-refractivity contribution in [3.05, 3.63) is 33.9 Å². The number of nitro groups is 1. The minimum Gasteiger partial charge on any atom is -0.490 e. The van der Waals surface area contributed by atoms with Gasteiger partial charge in [-0.15, -0.1) is 17.5 Å². The highest BCUT2D eigenvalue weighted by Crippen LogP contribution is 2.26. The van der Waals surface area contributed by atoms with Gasteiger partial charge in [0.25, 0.3) is 0 Å². The molecule has 0 atom stereocenters. The van der Waals surface area contributed by atoms with Crippen LogP contribution in [0.1, 0.15) is 5.56 Å². The number of hydrogen-bond acceptors (Lipinski definition) is 5. The molecule has 0 aliphatic rings. The number of hydrogen-bond donors (Lipinski definition) is 2. The van der Waals surface area contributed by atoms with Gasteiger partial charge in [-0.1, -0.05) is 0 Å². The monoisotopic (exact) mass is 273 g/mol. The van der Waals surface area contributed by atoms with Gasteiger partial charge in [0.05, 0.1) is 18.2 Å². The Labute approximate surface area is 109 Å². The lowest BCUT2D eigenvalue weighted by Gasteiger charge is -2.01. The van der Waals surface area contributed by atoms with E-state index in [0.29, 0.717) is 5.56 Å². The first-order valence-electron chi connectivity index (χ1n) is 4.49. The van der Waals surface area contributed by atoms with E-state index in [9.17, 15) is 10.1 Å². The Morgan fingerprint density at radius 1 is 1.50 bits per heavy atom. The van der Waals surface area contributed by atoms with E-state index in [1.165, 1.54) is 25.5 Å². The van der Waals surface area contributed by atoms with E-state index < -0.39 is 4.92 Å². The predicted molar refractivity (Wildman–Crippen MR) is 70.3 cm³/mol. The molecule has 9 heteroatoms. The molecule has 0 amide bonds. The maximum absolute atomic E-state index is 10.7. The number of rotatable bonds is 4. The second-order valence-corrected chi connectivity index (χ2v) is 2.96.